The van der Waals surface area contributed by atoms with Gasteiger partial charge in [-0.15, -0.1) is 0 Å². The number of anilines is 2. The molecule has 2 atom stereocenters. The maximum absolute atomic E-state index is 10.5. The average molecular weight is 309 g/mol. The average Bonchev–Trinajstić information content (AvgIpc) is 2.53. The molecule has 0 amide bonds. The second kappa shape index (κ2) is 10.4. The molecule has 0 fully saturated rings. The molecule has 1 aromatic carbocycles. The lowest BCUT2D eigenvalue weighted by atomic mass is 10.1. The Morgan fingerprint density at radius 3 is 2.41 bits per heavy atom. The van der Waals surface area contributed by atoms with Crippen LogP contribution < -0.4 is 16.0 Å². The molecule has 0 aromatic heterocycles. The molecule has 0 heterocycles. The minimum Gasteiger partial charge on any atom is -0.393 e. The van der Waals surface area contributed by atoms with Gasteiger partial charge in [0.15, 0.2) is 0 Å². The fraction of sp³-hybridized carbons (Fsp3) is 0.647. The van der Waals surface area contributed by atoms with Gasteiger partial charge in [0.2, 0.25) is 0 Å². The molecule has 5 N–H and O–H groups in total. The van der Waals surface area contributed by atoms with E-state index in [0.717, 1.165) is 36.4 Å². The fourth-order valence-electron chi connectivity index (χ4n) is 2.33. The minimum absolute atomic E-state index is 0.265. The molecule has 5 heteroatoms. The number of hydrogen-bond acceptors (Lipinski definition) is 5. The van der Waals surface area contributed by atoms with E-state index >= 15 is 0 Å². The number of benzene rings is 1. The lowest BCUT2D eigenvalue weighted by Gasteiger charge is -2.19. The van der Waals surface area contributed by atoms with Crippen molar-refractivity contribution in [1.82, 2.24) is 5.32 Å². The Kier molecular flexibility index (Phi) is 8.89. The molecular formula is C17H31N3O2. The molecule has 2 unspecified atom stereocenters. The van der Waals surface area contributed by atoms with Crippen LogP contribution in [0.5, 0.6) is 0 Å². The van der Waals surface area contributed by atoms with Crippen LogP contribution >= 0.6 is 0 Å². The molecule has 0 aliphatic carbocycles. The molecule has 0 spiro atoms. The molecule has 0 saturated carbocycles. The van der Waals surface area contributed by atoms with Gasteiger partial charge in [-0.1, -0.05) is 6.92 Å². The van der Waals surface area contributed by atoms with Gasteiger partial charge in [0.25, 0.3) is 0 Å². The van der Waals surface area contributed by atoms with Gasteiger partial charge in [-0.05, 0) is 51.4 Å². The first-order valence-electron chi connectivity index (χ1n) is 8.30. The Bertz CT molecular complexity index is 426. The van der Waals surface area contributed by atoms with E-state index in [9.17, 15) is 10.2 Å². The highest BCUT2D eigenvalue weighted by atomic mass is 16.3. The third-order valence-electron chi connectivity index (χ3n) is 3.62. The summed E-state index contributed by atoms with van der Waals surface area (Å²) in [5.74, 6) is 0. The standard InChI is InChI=1S/C17H31N3O2/c1-4-14(21)9-10-18-12-17(22)15-11-13(19-5-2)7-8-16(15)20-6-3/h7-8,11,14,17-22H,4-6,9-10,12H2,1-3H3. The minimum atomic E-state index is -0.577. The summed E-state index contributed by atoms with van der Waals surface area (Å²) in [4.78, 5) is 0. The number of rotatable bonds is 11. The van der Waals surface area contributed by atoms with Crippen molar-refractivity contribution in [2.24, 2.45) is 0 Å². The van der Waals surface area contributed by atoms with Crippen molar-refractivity contribution >= 4 is 11.4 Å². The van der Waals surface area contributed by atoms with E-state index in [1.165, 1.54) is 0 Å². The Morgan fingerprint density at radius 2 is 1.77 bits per heavy atom. The van der Waals surface area contributed by atoms with Crippen LogP contribution in [-0.2, 0) is 0 Å². The second-order valence-corrected chi connectivity index (χ2v) is 5.43. The van der Waals surface area contributed by atoms with Crippen molar-refractivity contribution in [2.45, 2.75) is 45.8 Å². The first kappa shape index (κ1) is 18.7. The zero-order chi connectivity index (χ0) is 16.4. The van der Waals surface area contributed by atoms with Crippen molar-refractivity contribution in [3.05, 3.63) is 23.8 Å². The number of aliphatic hydroxyl groups excluding tert-OH is 2. The van der Waals surface area contributed by atoms with Crippen LogP contribution in [0.4, 0.5) is 11.4 Å². The van der Waals surface area contributed by atoms with Crippen LogP contribution in [0.1, 0.15) is 45.3 Å². The highest BCUT2D eigenvalue weighted by Crippen LogP contribution is 2.26. The Hall–Kier alpha value is -1.30. The fourth-order valence-corrected chi connectivity index (χ4v) is 2.33. The SMILES string of the molecule is CCNc1ccc(NCC)c(C(O)CNCCC(O)CC)c1. The van der Waals surface area contributed by atoms with Gasteiger partial charge in [0, 0.05) is 36.6 Å². The van der Waals surface area contributed by atoms with Crippen LogP contribution in [0.3, 0.4) is 0 Å². The summed E-state index contributed by atoms with van der Waals surface area (Å²) < 4.78 is 0. The maximum Gasteiger partial charge on any atom is 0.0934 e. The van der Waals surface area contributed by atoms with Gasteiger partial charge < -0.3 is 26.2 Å². The zero-order valence-electron chi connectivity index (χ0n) is 14.0. The monoisotopic (exact) mass is 309 g/mol. The molecule has 0 radical (unpaired) electrons. The van der Waals surface area contributed by atoms with Crippen LogP contribution in [0.2, 0.25) is 0 Å². The molecule has 5 nitrogen and oxygen atoms in total. The quantitative estimate of drug-likeness (QED) is 0.406. The van der Waals surface area contributed by atoms with Crippen LogP contribution in [-0.4, -0.2) is 42.5 Å². The van der Waals surface area contributed by atoms with Crippen molar-refractivity contribution in [1.29, 1.82) is 0 Å². The summed E-state index contributed by atoms with van der Waals surface area (Å²) in [5, 5.41) is 29.7. The van der Waals surface area contributed by atoms with Gasteiger partial charge >= 0.3 is 0 Å². The molecular weight excluding hydrogens is 278 g/mol. The Morgan fingerprint density at radius 1 is 1.05 bits per heavy atom. The molecule has 0 aliphatic heterocycles. The van der Waals surface area contributed by atoms with Gasteiger partial charge in [0.05, 0.1) is 12.2 Å². The molecule has 0 aliphatic rings. The van der Waals surface area contributed by atoms with Crippen LogP contribution in [0, 0.1) is 0 Å². The smallest absolute Gasteiger partial charge is 0.0934 e. The van der Waals surface area contributed by atoms with E-state index < -0.39 is 6.10 Å². The van der Waals surface area contributed by atoms with E-state index in [1.807, 2.05) is 32.0 Å². The van der Waals surface area contributed by atoms with Gasteiger partial charge in [-0.3, -0.25) is 0 Å². The van der Waals surface area contributed by atoms with Crippen LogP contribution in [0.15, 0.2) is 18.2 Å². The van der Waals surface area contributed by atoms with Crippen molar-refractivity contribution in [2.75, 3.05) is 36.8 Å². The van der Waals surface area contributed by atoms with Gasteiger partial charge in [-0.2, -0.15) is 0 Å². The lowest BCUT2D eigenvalue weighted by molar-refractivity contribution is 0.150. The van der Waals surface area contributed by atoms with E-state index in [1.54, 1.807) is 0 Å². The van der Waals surface area contributed by atoms with E-state index in [-0.39, 0.29) is 6.10 Å². The Labute approximate surface area is 134 Å². The third kappa shape index (κ3) is 6.22. The number of hydrogen-bond donors (Lipinski definition) is 5. The van der Waals surface area contributed by atoms with Crippen LogP contribution in [0.25, 0.3) is 0 Å². The van der Waals surface area contributed by atoms with Crippen molar-refractivity contribution < 1.29 is 10.2 Å². The summed E-state index contributed by atoms with van der Waals surface area (Å²) in [7, 11) is 0. The van der Waals surface area contributed by atoms with E-state index in [0.29, 0.717) is 19.5 Å². The predicted molar refractivity (Wildman–Crippen MR) is 93.5 cm³/mol. The third-order valence-corrected chi connectivity index (χ3v) is 3.62. The van der Waals surface area contributed by atoms with Gasteiger partial charge in [-0.25, -0.2) is 0 Å². The highest BCUT2D eigenvalue weighted by Gasteiger charge is 2.13. The maximum atomic E-state index is 10.5. The topological polar surface area (TPSA) is 76.5 Å². The largest absolute Gasteiger partial charge is 0.393 e. The molecule has 1 aromatic rings. The molecule has 0 saturated heterocycles. The summed E-state index contributed by atoms with van der Waals surface area (Å²) in [6, 6.07) is 6.01. The zero-order valence-corrected chi connectivity index (χ0v) is 14.0. The Balaban J connectivity index is 2.64. The first-order valence-corrected chi connectivity index (χ1v) is 8.30. The highest BCUT2D eigenvalue weighted by molar-refractivity contribution is 5.60. The molecule has 22 heavy (non-hydrogen) atoms. The van der Waals surface area contributed by atoms with E-state index in [4.69, 9.17) is 0 Å². The predicted octanol–water partition coefficient (Wildman–Crippen LogP) is 2.33. The normalized spacial score (nSPS) is 13.7. The molecule has 1 rings (SSSR count). The molecule has 126 valence electrons. The summed E-state index contributed by atoms with van der Waals surface area (Å²) >= 11 is 0. The molecule has 0 bridgehead atoms. The van der Waals surface area contributed by atoms with Crippen molar-refractivity contribution in [3.63, 3.8) is 0 Å². The summed E-state index contributed by atoms with van der Waals surface area (Å²) in [6.07, 6.45) is 0.630. The van der Waals surface area contributed by atoms with Crippen molar-refractivity contribution in [3.8, 4) is 0 Å². The number of nitrogens with one attached hydrogen (secondary N) is 3. The van der Waals surface area contributed by atoms with E-state index in [2.05, 4.69) is 22.9 Å². The lowest BCUT2D eigenvalue weighted by Crippen LogP contribution is -2.25. The van der Waals surface area contributed by atoms with Gasteiger partial charge in [0.1, 0.15) is 0 Å². The summed E-state index contributed by atoms with van der Waals surface area (Å²) in [6.45, 7) is 8.90. The second-order valence-electron chi connectivity index (χ2n) is 5.43. The summed E-state index contributed by atoms with van der Waals surface area (Å²) in [5.41, 5.74) is 2.87. The first-order chi connectivity index (χ1) is 10.6. The number of aliphatic hydroxyl groups is 2.